The van der Waals surface area contributed by atoms with Crippen molar-refractivity contribution in [3.63, 3.8) is 0 Å². The Morgan fingerprint density at radius 2 is 1.57 bits per heavy atom. The van der Waals surface area contributed by atoms with E-state index >= 15 is 0 Å². The van der Waals surface area contributed by atoms with Gasteiger partial charge in [0, 0.05) is 17.1 Å². The van der Waals surface area contributed by atoms with Crippen molar-refractivity contribution in [1.82, 2.24) is 4.31 Å². The first-order chi connectivity index (χ1) is 13.4. The van der Waals surface area contributed by atoms with E-state index in [1.54, 1.807) is 18.2 Å². The number of rotatable bonds is 7. The van der Waals surface area contributed by atoms with Gasteiger partial charge in [-0.05, 0) is 36.2 Å². The highest BCUT2D eigenvalue weighted by molar-refractivity contribution is 9.10. The Morgan fingerprint density at radius 3 is 2.18 bits per heavy atom. The van der Waals surface area contributed by atoms with Crippen LogP contribution in [0.3, 0.4) is 0 Å². The fourth-order valence-corrected chi connectivity index (χ4v) is 5.37. The molecule has 4 nitrogen and oxygen atoms in total. The third-order valence-corrected chi connectivity index (χ3v) is 7.04. The van der Waals surface area contributed by atoms with Crippen LogP contribution in [0.25, 0.3) is 0 Å². The Bertz CT molecular complexity index is 1020. The van der Waals surface area contributed by atoms with Gasteiger partial charge in [-0.1, -0.05) is 76.6 Å². The summed E-state index contributed by atoms with van der Waals surface area (Å²) in [7, 11) is -2.36. The third kappa shape index (κ3) is 4.46. The van der Waals surface area contributed by atoms with Crippen molar-refractivity contribution in [3.8, 4) is 5.75 Å². The van der Waals surface area contributed by atoms with E-state index in [1.807, 2.05) is 67.6 Å². The molecular weight excluding hydrogens is 438 g/mol. The first-order valence-corrected chi connectivity index (χ1v) is 11.1. The predicted molar refractivity (Wildman–Crippen MR) is 115 cm³/mol. The molecule has 0 saturated carbocycles. The Morgan fingerprint density at radius 1 is 0.964 bits per heavy atom. The van der Waals surface area contributed by atoms with Crippen LogP contribution in [0.5, 0.6) is 5.75 Å². The molecule has 1 unspecified atom stereocenters. The molecule has 0 saturated heterocycles. The normalized spacial score (nSPS) is 12.7. The lowest BCUT2D eigenvalue weighted by Crippen LogP contribution is -2.33. The predicted octanol–water partition coefficient (Wildman–Crippen LogP) is 5.41. The van der Waals surface area contributed by atoms with Gasteiger partial charge in [-0.15, -0.1) is 0 Å². The number of nitrogens with zero attached hydrogens (tertiary/aromatic N) is 1. The zero-order valence-electron chi connectivity index (χ0n) is 15.7. The number of benzene rings is 3. The number of hydrogen-bond acceptors (Lipinski definition) is 3. The summed E-state index contributed by atoms with van der Waals surface area (Å²) in [4.78, 5) is 0.142. The summed E-state index contributed by atoms with van der Waals surface area (Å²) in [5.41, 5.74) is 1.85. The SMILES string of the molecule is COc1ccc(Br)cc1S(=O)(=O)N(Cc1ccccc1)C(C)c1ccccc1. The molecule has 0 spiro atoms. The molecule has 3 aromatic rings. The second-order valence-electron chi connectivity index (χ2n) is 6.42. The lowest BCUT2D eigenvalue weighted by molar-refractivity contribution is 0.332. The summed E-state index contributed by atoms with van der Waals surface area (Å²) in [6.07, 6.45) is 0. The van der Waals surface area contributed by atoms with Crippen LogP contribution in [-0.2, 0) is 16.6 Å². The van der Waals surface area contributed by atoms with Crippen molar-refractivity contribution < 1.29 is 13.2 Å². The van der Waals surface area contributed by atoms with Crippen molar-refractivity contribution in [2.45, 2.75) is 24.4 Å². The first-order valence-electron chi connectivity index (χ1n) is 8.87. The quantitative estimate of drug-likeness (QED) is 0.474. The van der Waals surface area contributed by atoms with Crippen LogP contribution < -0.4 is 4.74 Å². The molecular formula is C22H22BrNO3S. The van der Waals surface area contributed by atoms with Crippen LogP contribution in [0.1, 0.15) is 24.1 Å². The van der Waals surface area contributed by atoms with Crippen molar-refractivity contribution >= 4 is 26.0 Å². The standard InChI is InChI=1S/C22H22BrNO3S/c1-17(19-11-7-4-8-12-19)24(16-18-9-5-3-6-10-18)28(25,26)22-15-20(23)13-14-21(22)27-2/h3-15,17H,16H2,1-2H3. The van der Waals surface area contributed by atoms with Crippen LogP contribution in [0, 0.1) is 0 Å². The fraction of sp³-hybridized carbons (Fsp3) is 0.182. The molecule has 0 N–H and O–H groups in total. The largest absolute Gasteiger partial charge is 0.495 e. The van der Waals surface area contributed by atoms with E-state index in [1.165, 1.54) is 11.4 Å². The Kier molecular flexibility index (Phi) is 6.54. The van der Waals surface area contributed by atoms with Crippen molar-refractivity contribution in [2.24, 2.45) is 0 Å². The molecule has 0 aliphatic rings. The van der Waals surface area contributed by atoms with Crippen LogP contribution in [0.2, 0.25) is 0 Å². The van der Waals surface area contributed by atoms with E-state index in [0.717, 1.165) is 11.1 Å². The molecule has 1 atom stereocenters. The van der Waals surface area contributed by atoms with Gasteiger partial charge in [-0.3, -0.25) is 0 Å². The second kappa shape index (κ2) is 8.90. The van der Waals surface area contributed by atoms with Crippen molar-refractivity contribution in [2.75, 3.05) is 7.11 Å². The zero-order valence-corrected chi connectivity index (χ0v) is 18.2. The van der Waals surface area contributed by atoms with E-state index in [-0.39, 0.29) is 17.5 Å². The fourth-order valence-electron chi connectivity index (χ4n) is 3.07. The van der Waals surface area contributed by atoms with E-state index < -0.39 is 10.0 Å². The van der Waals surface area contributed by atoms with Crippen LogP contribution in [0.15, 0.2) is 88.2 Å². The van der Waals surface area contributed by atoms with E-state index in [2.05, 4.69) is 15.9 Å². The molecule has 0 aliphatic heterocycles. The van der Waals surface area contributed by atoms with Gasteiger partial charge in [0.1, 0.15) is 10.6 Å². The molecule has 3 aromatic carbocycles. The monoisotopic (exact) mass is 459 g/mol. The second-order valence-corrected chi connectivity index (χ2v) is 9.19. The minimum absolute atomic E-state index is 0.142. The maximum atomic E-state index is 13.7. The Labute approximate surface area is 175 Å². The molecule has 28 heavy (non-hydrogen) atoms. The Balaban J connectivity index is 2.11. The Hall–Kier alpha value is -2.15. The van der Waals surface area contributed by atoms with Gasteiger partial charge in [-0.25, -0.2) is 8.42 Å². The average Bonchev–Trinajstić information content (AvgIpc) is 2.72. The zero-order chi connectivity index (χ0) is 20.1. The van der Waals surface area contributed by atoms with E-state index in [4.69, 9.17) is 4.74 Å². The smallest absolute Gasteiger partial charge is 0.247 e. The lowest BCUT2D eigenvalue weighted by atomic mass is 10.1. The highest BCUT2D eigenvalue weighted by atomic mass is 79.9. The van der Waals surface area contributed by atoms with Gasteiger partial charge in [-0.2, -0.15) is 4.31 Å². The summed E-state index contributed by atoms with van der Waals surface area (Å²) in [6.45, 7) is 2.16. The highest BCUT2D eigenvalue weighted by Gasteiger charge is 2.32. The summed E-state index contributed by atoms with van der Waals surface area (Å²) in [5.74, 6) is 0.321. The van der Waals surface area contributed by atoms with E-state index in [9.17, 15) is 8.42 Å². The molecule has 0 heterocycles. The highest BCUT2D eigenvalue weighted by Crippen LogP contribution is 2.35. The van der Waals surface area contributed by atoms with Crippen LogP contribution >= 0.6 is 15.9 Å². The summed E-state index contributed by atoms with van der Waals surface area (Å²) in [5, 5.41) is 0. The number of methoxy groups -OCH3 is 1. The van der Waals surface area contributed by atoms with Crippen LogP contribution in [0.4, 0.5) is 0 Å². The molecule has 0 aromatic heterocycles. The molecule has 0 aliphatic carbocycles. The van der Waals surface area contributed by atoms with Gasteiger partial charge >= 0.3 is 0 Å². The van der Waals surface area contributed by atoms with Gasteiger partial charge in [0.05, 0.1) is 7.11 Å². The van der Waals surface area contributed by atoms with Gasteiger partial charge < -0.3 is 4.74 Å². The molecule has 0 radical (unpaired) electrons. The average molecular weight is 460 g/mol. The number of sulfonamides is 1. The number of hydrogen-bond donors (Lipinski definition) is 0. The van der Waals surface area contributed by atoms with E-state index in [0.29, 0.717) is 10.2 Å². The molecule has 0 amide bonds. The summed E-state index contributed by atoms with van der Waals surface area (Å²) in [6, 6.07) is 23.9. The first kappa shape index (κ1) is 20.6. The maximum Gasteiger partial charge on any atom is 0.247 e. The molecule has 0 bridgehead atoms. The summed E-state index contributed by atoms with van der Waals surface area (Å²) >= 11 is 3.38. The minimum atomic E-state index is -3.83. The molecule has 0 fully saturated rings. The summed E-state index contributed by atoms with van der Waals surface area (Å²) < 4.78 is 35.0. The van der Waals surface area contributed by atoms with Crippen LogP contribution in [-0.4, -0.2) is 19.8 Å². The third-order valence-electron chi connectivity index (χ3n) is 4.61. The maximum absolute atomic E-state index is 13.7. The molecule has 3 rings (SSSR count). The number of halogens is 1. The molecule has 146 valence electrons. The topological polar surface area (TPSA) is 46.6 Å². The molecule has 6 heteroatoms. The van der Waals surface area contributed by atoms with Gasteiger partial charge in [0.2, 0.25) is 10.0 Å². The van der Waals surface area contributed by atoms with Gasteiger partial charge in [0.25, 0.3) is 0 Å². The van der Waals surface area contributed by atoms with Crippen molar-refractivity contribution in [1.29, 1.82) is 0 Å². The van der Waals surface area contributed by atoms with Crippen molar-refractivity contribution in [3.05, 3.63) is 94.5 Å². The van der Waals surface area contributed by atoms with Gasteiger partial charge in [0.15, 0.2) is 0 Å². The minimum Gasteiger partial charge on any atom is -0.495 e. The number of ether oxygens (including phenoxy) is 1. The lowest BCUT2D eigenvalue weighted by Gasteiger charge is -2.29.